The van der Waals surface area contributed by atoms with Crippen LogP contribution < -0.4 is 4.57 Å². The lowest BCUT2D eigenvalue weighted by molar-refractivity contribution is -0.661. The zero-order valence-corrected chi connectivity index (χ0v) is 17.0. The molecular weight excluding hydrogens is 387 g/mol. The first-order valence-corrected chi connectivity index (χ1v) is 9.82. The molecule has 0 N–H and O–H groups in total. The van der Waals surface area contributed by atoms with Gasteiger partial charge in [0.1, 0.15) is 24.0 Å². The van der Waals surface area contributed by atoms with Gasteiger partial charge in [0, 0.05) is 26.5 Å². The number of fused-ring (bicyclic) bond motifs is 3. The number of pyridine rings is 1. The van der Waals surface area contributed by atoms with Crippen molar-refractivity contribution in [2.45, 2.75) is 13.8 Å². The van der Waals surface area contributed by atoms with Gasteiger partial charge in [0.05, 0.1) is 12.1 Å². The lowest BCUT2D eigenvalue weighted by atomic mass is 9.98. The Morgan fingerprint density at radius 1 is 1.03 bits per heavy atom. The largest absolute Gasteiger partial charge is 0.456 e. The van der Waals surface area contributed by atoms with Crippen LogP contribution in [0.1, 0.15) is 15.2 Å². The highest BCUT2D eigenvalue weighted by molar-refractivity contribution is 6.12. The third-order valence-corrected chi connectivity index (χ3v) is 5.65. The van der Waals surface area contributed by atoms with Crippen LogP contribution in [0.5, 0.6) is 0 Å². The summed E-state index contributed by atoms with van der Waals surface area (Å²) in [5.41, 5.74) is 5.06. The fraction of sp³-hybridized carbons (Fsp3) is 0.111. The SMILES string of the molecule is [2H]C([2H])([2H])c1c[n+](C)c(-c2c(C)ccc3c2oc2cc([N+]#[C-])c(-c4ccccc4)cc23)cc1F. The molecule has 0 fully saturated rings. The molecule has 0 aliphatic rings. The Kier molecular flexibility index (Phi) is 3.61. The molecule has 0 bridgehead atoms. The van der Waals surface area contributed by atoms with Gasteiger partial charge in [-0.3, -0.25) is 0 Å². The van der Waals surface area contributed by atoms with E-state index < -0.39 is 12.7 Å². The lowest BCUT2D eigenvalue weighted by Crippen LogP contribution is -2.31. The highest BCUT2D eigenvalue weighted by atomic mass is 19.1. The summed E-state index contributed by atoms with van der Waals surface area (Å²) in [4.78, 5) is 3.71. The lowest BCUT2D eigenvalue weighted by Gasteiger charge is -2.07. The van der Waals surface area contributed by atoms with Crippen LogP contribution in [0.15, 0.2) is 71.3 Å². The summed E-state index contributed by atoms with van der Waals surface area (Å²) in [6.45, 7) is 7.02. The van der Waals surface area contributed by atoms with Gasteiger partial charge in [-0.15, -0.1) is 0 Å². The van der Waals surface area contributed by atoms with Gasteiger partial charge in [-0.1, -0.05) is 48.5 Å². The third-order valence-electron chi connectivity index (χ3n) is 5.65. The topological polar surface area (TPSA) is 21.4 Å². The molecule has 0 amide bonds. The molecule has 0 unspecified atom stereocenters. The van der Waals surface area contributed by atoms with Crippen molar-refractivity contribution in [3.63, 3.8) is 0 Å². The van der Waals surface area contributed by atoms with Crippen LogP contribution in [0, 0.1) is 26.2 Å². The molecule has 0 spiro atoms. The monoisotopic (exact) mass is 410 g/mol. The van der Waals surface area contributed by atoms with Crippen molar-refractivity contribution >= 4 is 27.6 Å². The molecule has 3 nitrogen and oxygen atoms in total. The number of furan rings is 1. The number of hydrogen-bond acceptors (Lipinski definition) is 1. The number of aromatic nitrogens is 1. The van der Waals surface area contributed by atoms with Crippen molar-refractivity contribution in [3.05, 3.63) is 95.2 Å². The zero-order chi connectivity index (χ0) is 24.2. The number of benzene rings is 3. The van der Waals surface area contributed by atoms with E-state index in [1.165, 1.54) is 12.3 Å². The minimum absolute atomic E-state index is 0.331. The Morgan fingerprint density at radius 2 is 1.84 bits per heavy atom. The van der Waals surface area contributed by atoms with Crippen LogP contribution in [-0.4, -0.2) is 0 Å². The Bertz CT molecular complexity index is 1630. The summed E-state index contributed by atoms with van der Waals surface area (Å²) >= 11 is 0. The first-order valence-electron chi connectivity index (χ1n) is 11.3. The molecule has 0 saturated carbocycles. The Labute approximate surface area is 184 Å². The fourth-order valence-electron chi connectivity index (χ4n) is 4.11. The maximum Gasteiger partial charge on any atom is 0.219 e. The molecule has 0 saturated heterocycles. The molecule has 150 valence electrons. The fourth-order valence-corrected chi connectivity index (χ4v) is 4.11. The first kappa shape index (κ1) is 15.8. The average Bonchev–Trinajstić information content (AvgIpc) is 3.16. The molecule has 0 radical (unpaired) electrons. The number of rotatable bonds is 2. The highest BCUT2D eigenvalue weighted by Gasteiger charge is 2.23. The molecule has 0 aliphatic carbocycles. The van der Waals surface area contributed by atoms with E-state index in [0.717, 1.165) is 27.5 Å². The van der Waals surface area contributed by atoms with Gasteiger partial charge in [-0.2, -0.15) is 0 Å². The van der Waals surface area contributed by atoms with E-state index in [2.05, 4.69) is 4.85 Å². The summed E-state index contributed by atoms with van der Waals surface area (Å²) < 4.78 is 45.5. The van der Waals surface area contributed by atoms with Gasteiger partial charge >= 0.3 is 0 Å². The summed E-state index contributed by atoms with van der Waals surface area (Å²) in [5, 5.41) is 1.69. The molecule has 0 aliphatic heterocycles. The summed E-state index contributed by atoms with van der Waals surface area (Å²) in [6, 6.07) is 18.6. The number of halogens is 1. The molecule has 5 aromatic rings. The summed E-state index contributed by atoms with van der Waals surface area (Å²) in [5.74, 6) is -0.790. The Balaban J connectivity index is 1.81. The van der Waals surface area contributed by atoms with Crippen molar-refractivity contribution in [3.8, 4) is 22.4 Å². The van der Waals surface area contributed by atoms with Crippen molar-refractivity contribution in [1.82, 2.24) is 0 Å². The van der Waals surface area contributed by atoms with E-state index in [-0.39, 0.29) is 5.56 Å². The highest BCUT2D eigenvalue weighted by Crippen LogP contribution is 2.42. The van der Waals surface area contributed by atoms with Gasteiger partial charge < -0.3 is 4.42 Å². The van der Waals surface area contributed by atoms with E-state index in [4.69, 9.17) is 15.1 Å². The number of aryl methyl sites for hydroxylation is 3. The molecule has 2 aromatic heterocycles. The predicted molar refractivity (Wildman–Crippen MR) is 121 cm³/mol. The van der Waals surface area contributed by atoms with Crippen molar-refractivity contribution in [1.29, 1.82) is 0 Å². The molecule has 31 heavy (non-hydrogen) atoms. The van der Waals surface area contributed by atoms with Crippen LogP contribution in [0.2, 0.25) is 0 Å². The van der Waals surface area contributed by atoms with E-state index in [1.54, 1.807) is 17.7 Å². The zero-order valence-electron chi connectivity index (χ0n) is 20.0. The second-order valence-corrected chi connectivity index (χ2v) is 7.61. The van der Waals surface area contributed by atoms with Crippen LogP contribution >= 0.6 is 0 Å². The van der Waals surface area contributed by atoms with Crippen LogP contribution in [0.4, 0.5) is 10.1 Å². The molecule has 5 rings (SSSR count). The van der Waals surface area contributed by atoms with E-state index >= 15 is 0 Å². The minimum Gasteiger partial charge on any atom is -0.456 e. The van der Waals surface area contributed by atoms with Crippen LogP contribution in [-0.2, 0) is 7.05 Å². The second kappa shape index (κ2) is 7.07. The number of hydrogen-bond donors (Lipinski definition) is 0. The van der Waals surface area contributed by atoms with E-state index in [1.807, 2.05) is 55.5 Å². The van der Waals surface area contributed by atoms with Gasteiger partial charge in [0.2, 0.25) is 5.69 Å². The maximum atomic E-state index is 14.9. The normalized spacial score (nSPS) is 13.0. The molecule has 0 atom stereocenters. The minimum atomic E-state index is -2.55. The quantitative estimate of drug-likeness (QED) is 0.226. The van der Waals surface area contributed by atoms with Crippen LogP contribution in [0.25, 0.3) is 49.2 Å². The number of nitrogens with zero attached hydrogens (tertiary/aromatic N) is 2. The van der Waals surface area contributed by atoms with Crippen molar-refractivity contribution in [2.24, 2.45) is 7.05 Å². The summed E-state index contributed by atoms with van der Waals surface area (Å²) in [7, 11) is 1.69. The van der Waals surface area contributed by atoms with E-state index in [0.29, 0.717) is 28.1 Å². The Hall–Kier alpha value is -3.97. The molecule has 2 heterocycles. The Morgan fingerprint density at radius 3 is 2.58 bits per heavy atom. The smallest absolute Gasteiger partial charge is 0.219 e. The molecule has 3 aromatic carbocycles. The predicted octanol–water partition coefficient (Wildman–Crippen LogP) is 7.05. The summed E-state index contributed by atoms with van der Waals surface area (Å²) in [6.07, 6.45) is 1.31. The van der Waals surface area contributed by atoms with Gasteiger partial charge in [0.25, 0.3) is 0 Å². The molecular formula is C27H20FN2O+. The van der Waals surface area contributed by atoms with Gasteiger partial charge in [-0.25, -0.2) is 13.8 Å². The van der Waals surface area contributed by atoms with Gasteiger partial charge in [0.15, 0.2) is 11.9 Å². The van der Waals surface area contributed by atoms with Crippen molar-refractivity contribution < 1.29 is 17.5 Å². The van der Waals surface area contributed by atoms with Crippen LogP contribution in [0.3, 0.4) is 0 Å². The van der Waals surface area contributed by atoms with E-state index in [9.17, 15) is 4.39 Å². The standard InChI is InChI=1S/C27H20FN2O/c1-16-10-11-19-21-12-20(18-8-6-5-7-9-18)23(29-3)14-25(21)31-27(19)26(16)24-13-22(28)17(2)15-30(24)4/h5-15H,1-2,4H3/q+1/i2D3. The van der Waals surface area contributed by atoms with Crippen molar-refractivity contribution in [2.75, 3.05) is 0 Å². The third kappa shape index (κ3) is 2.98. The maximum absolute atomic E-state index is 14.9. The first-order chi connectivity index (χ1) is 16.2. The molecule has 4 heteroatoms. The average molecular weight is 410 g/mol. The second-order valence-electron chi connectivity index (χ2n) is 7.61. The van der Waals surface area contributed by atoms with Gasteiger partial charge in [-0.05, 0) is 36.5 Å².